The summed E-state index contributed by atoms with van der Waals surface area (Å²) in [5, 5.41) is 6.26. The Kier molecular flexibility index (Phi) is 2.60. The fourth-order valence-corrected chi connectivity index (χ4v) is 2.67. The number of hydrogen-bond acceptors (Lipinski definition) is 3. The molecule has 0 aromatic carbocycles. The standard InChI is InChI=1S/C9H10BrN3S/c1-6-4-13(12-9(6)11)5-8-7(10)2-3-14-8/h2-4H,5H2,1H3,(H2,11,12). The zero-order valence-corrected chi connectivity index (χ0v) is 10.1. The largest absolute Gasteiger partial charge is 0.382 e. The van der Waals surface area contributed by atoms with Gasteiger partial charge in [0.1, 0.15) is 5.82 Å². The molecule has 0 saturated carbocycles. The SMILES string of the molecule is Cc1cn(Cc2sccc2Br)nc1N. The van der Waals surface area contributed by atoms with Gasteiger partial charge < -0.3 is 5.73 Å². The third-order valence-electron chi connectivity index (χ3n) is 1.98. The van der Waals surface area contributed by atoms with E-state index in [9.17, 15) is 0 Å². The van der Waals surface area contributed by atoms with E-state index < -0.39 is 0 Å². The van der Waals surface area contributed by atoms with E-state index in [1.54, 1.807) is 11.3 Å². The van der Waals surface area contributed by atoms with E-state index in [4.69, 9.17) is 5.73 Å². The molecule has 5 heteroatoms. The lowest BCUT2D eigenvalue weighted by Gasteiger charge is -1.98. The predicted molar refractivity (Wildman–Crippen MR) is 62.5 cm³/mol. The van der Waals surface area contributed by atoms with Crippen molar-refractivity contribution in [3.8, 4) is 0 Å². The van der Waals surface area contributed by atoms with Gasteiger partial charge in [0.05, 0.1) is 6.54 Å². The number of halogens is 1. The molecule has 0 aliphatic heterocycles. The average molecular weight is 272 g/mol. The lowest BCUT2D eigenvalue weighted by Crippen LogP contribution is -1.99. The third kappa shape index (κ3) is 1.83. The highest BCUT2D eigenvalue weighted by Crippen LogP contribution is 2.23. The van der Waals surface area contributed by atoms with Crippen molar-refractivity contribution in [2.24, 2.45) is 0 Å². The Morgan fingerprint density at radius 3 is 2.93 bits per heavy atom. The molecule has 0 bridgehead atoms. The summed E-state index contributed by atoms with van der Waals surface area (Å²) in [6.07, 6.45) is 1.96. The third-order valence-corrected chi connectivity index (χ3v) is 3.89. The average Bonchev–Trinajstić information content (AvgIpc) is 2.63. The van der Waals surface area contributed by atoms with Crippen LogP contribution in [-0.4, -0.2) is 9.78 Å². The van der Waals surface area contributed by atoms with Gasteiger partial charge in [-0.2, -0.15) is 5.10 Å². The van der Waals surface area contributed by atoms with E-state index in [2.05, 4.69) is 26.4 Å². The predicted octanol–water partition coefficient (Wildman–Crippen LogP) is 2.65. The van der Waals surface area contributed by atoms with E-state index in [1.165, 1.54) is 4.88 Å². The van der Waals surface area contributed by atoms with Gasteiger partial charge in [-0.05, 0) is 34.3 Å². The molecule has 0 amide bonds. The van der Waals surface area contributed by atoms with Crippen LogP contribution in [0.25, 0.3) is 0 Å². The Hall–Kier alpha value is -0.810. The van der Waals surface area contributed by atoms with Crippen LogP contribution in [-0.2, 0) is 6.54 Å². The second-order valence-corrected chi connectivity index (χ2v) is 4.94. The van der Waals surface area contributed by atoms with Crippen molar-refractivity contribution in [1.82, 2.24) is 9.78 Å². The minimum Gasteiger partial charge on any atom is -0.382 e. The molecule has 2 rings (SSSR count). The maximum Gasteiger partial charge on any atom is 0.148 e. The number of thiophene rings is 1. The quantitative estimate of drug-likeness (QED) is 0.913. The topological polar surface area (TPSA) is 43.8 Å². The number of hydrogen-bond donors (Lipinski definition) is 1. The molecule has 2 aromatic rings. The Balaban J connectivity index is 2.23. The van der Waals surface area contributed by atoms with Crippen LogP contribution in [0, 0.1) is 6.92 Å². The van der Waals surface area contributed by atoms with Crippen LogP contribution in [0.4, 0.5) is 5.82 Å². The van der Waals surface area contributed by atoms with Gasteiger partial charge in [0, 0.05) is 21.1 Å². The number of aromatic nitrogens is 2. The minimum absolute atomic E-state index is 0.609. The van der Waals surface area contributed by atoms with Crippen LogP contribution in [0.1, 0.15) is 10.4 Å². The van der Waals surface area contributed by atoms with Crippen molar-refractivity contribution in [3.05, 3.63) is 32.6 Å². The number of rotatable bonds is 2. The highest BCUT2D eigenvalue weighted by atomic mass is 79.9. The summed E-state index contributed by atoms with van der Waals surface area (Å²) in [4.78, 5) is 1.26. The number of nitrogens with two attached hydrogens (primary N) is 1. The molecule has 74 valence electrons. The fraction of sp³-hybridized carbons (Fsp3) is 0.222. The Labute approximate surface area is 94.7 Å². The first kappa shape index (κ1) is 9.73. The van der Waals surface area contributed by atoms with Crippen LogP contribution < -0.4 is 5.73 Å². The lowest BCUT2D eigenvalue weighted by atomic mass is 10.4. The van der Waals surface area contributed by atoms with Gasteiger partial charge >= 0.3 is 0 Å². The van der Waals surface area contributed by atoms with E-state index in [1.807, 2.05) is 23.9 Å². The monoisotopic (exact) mass is 271 g/mol. The summed E-state index contributed by atoms with van der Waals surface area (Å²) < 4.78 is 3.00. The van der Waals surface area contributed by atoms with E-state index in [-0.39, 0.29) is 0 Å². The smallest absolute Gasteiger partial charge is 0.148 e. The summed E-state index contributed by atoms with van der Waals surface area (Å²) >= 11 is 5.20. The van der Waals surface area contributed by atoms with Crippen molar-refractivity contribution < 1.29 is 0 Å². The molecule has 2 heterocycles. The Bertz CT molecular complexity index is 427. The molecule has 2 N–H and O–H groups in total. The first-order valence-electron chi connectivity index (χ1n) is 4.18. The molecule has 0 saturated heterocycles. The zero-order valence-electron chi connectivity index (χ0n) is 7.70. The maximum absolute atomic E-state index is 5.67. The molecule has 0 spiro atoms. The van der Waals surface area contributed by atoms with Gasteiger partial charge in [-0.25, -0.2) is 0 Å². The van der Waals surface area contributed by atoms with Crippen LogP contribution in [0.2, 0.25) is 0 Å². The summed E-state index contributed by atoms with van der Waals surface area (Å²) in [6, 6.07) is 2.04. The molecule has 0 aliphatic rings. The highest BCUT2D eigenvalue weighted by Gasteiger charge is 2.05. The van der Waals surface area contributed by atoms with Crippen molar-refractivity contribution in [2.75, 3.05) is 5.73 Å². The van der Waals surface area contributed by atoms with Gasteiger partial charge in [-0.1, -0.05) is 0 Å². The van der Waals surface area contributed by atoms with Crippen LogP contribution in [0.5, 0.6) is 0 Å². The van der Waals surface area contributed by atoms with Crippen molar-refractivity contribution in [1.29, 1.82) is 0 Å². The zero-order chi connectivity index (χ0) is 10.1. The van der Waals surface area contributed by atoms with Gasteiger partial charge in [0.2, 0.25) is 0 Å². The second kappa shape index (κ2) is 3.74. The number of anilines is 1. The van der Waals surface area contributed by atoms with E-state index in [0.717, 1.165) is 16.6 Å². The highest BCUT2D eigenvalue weighted by molar-refractivity contribution is 9.10. The summed E-state index contributed by atoms with van der Waals surface area (Å²) in [6.45, 7) is 2.73. The number of nitrogen functional groups attached to an aromatic ring is 1. The molecule has 0 aliphatic carbocycles. The summed E-state index contributed by atoms with van der Waals surface area (Å²) in [7, 11) is 0. The minimum atomic E-state index is 0.609. The molecule has 2 aromatic heterocycles. The molecule has 14 heavy (non-hydrogen) atoms. The van der Waals surface area contributed by atoms with Gasteiger partial charge in [-0.15, -0.1) is 11.3 Å². The normalized spacial score (nSPS) is 10.7. The molecular formula is C9H10BrN3S. The first-order chi connectivity index (χ1) is 6.66. The van der Waals surface area contributed by atoms with Crippen LogP contribution >= 0.6 is 27.3 Å². The lowest BCUT2D eigenvalue weighted by molar-refractivity contribution is 0.696. The first-order valence-corrected chi connectivity index (χ1v) is 5.85. The number of aryl methyl sites for hydroxylation is 1. The molecule has 3 nitrogen and oxygen atoms in total. The molecule has 0 fully saturated rings. The van der Waals surface area contributed by atoms with Gasteiger partial charge in [0.25, 0.3) is 0 Å². The summed E-state index contributed by atoms with van der Waals surface area (Å²) in [5.41, 5.74) is 6.69. The number of nitrogens with zero attached hydrogens (tertiary/aromatic N) is 2. The Morgan fingerprint density at radius 1 is 1.64 bits per heavy atom. The van der Waals surface area contributed by atoms with Crippen LogP contribution in [0.15, 0.2) is 22.1 Å². The van der Waals surface area contributed by atoms with Crippen molar-refractivity contribution >= 4 is 33.1 Å². The van der Waals surface area contributed by atoms with Crippen molar-refractivity contribution in [3.63, 3.8) is 0 Å². The second-order valence-electron chi connectivity index (χ2n) is 3.09. The molecular weight excluding hydrogens is 262 g/mol. The van der Waals surface area contributed by atoms with Crippen LogP contribution in [0.3, 0.4) is 0 Å². The van der Waals surface area contributed by atoms with Gasteiger partial charge in [0.15, 0.2) is 0 Å². The summed E-state index contributed by atoms with van der Waals surface area (Å²) in [5.74, 6) is 0.609. The molecule has 0 atom stereocenters. The van der Waals surface area contributed by atoms with E-state index >= 15 is 0 Å². The molecule has 0 radical (unpaired) electrons. The fourth-order valence-electron chi connectivity index (χ4n) is 1.20. The maximum atomic E-state index is 5.67. The Morgan fingerprint density at radius 2 is 2.43 bits per heavy atom. The van der Waals surface area contributed by atoms with E-state index in [0.29, 0.717) is 5.82 Å². The molecule has 0 unspecified atom stereocenters. The van der Waals surface area contributed by atoms with Crippen molar-refractivity contribution in [2.45, 2.75) is 13.5 Å². The van der Waals surface area contributed by atoms with Gasteiger partial charge in [-0.3, -0.25) is 4.68 Å².